The van der Waals surface area contributed by atoms with Gasteiger partial charge in [-0.3, -0.25) is 0 Å². The summed E-state index contributed by atoms with van der Waals surface area (Å²) in [7, 11) is 0. The van der Waals surface area contributed by atoms with E-state index in [0.29, 0.717) is 0 Å². The minimum Gasteiger partial charge on any atom is -0.0654 e. The topological polar surface area (TPSA) is 0 Å². The van der Waals surface area contributed by atoms with Gasteiger partial charge in [0.05, 0.1) is 0 Å². The molecule has 1 heteroatoms. The molecule has 1 aromatic carbocycles. The van der Waals surface area contributed by atoms with E-state index in [1.54, 1.807) is 0 Å². The van der Waals surface area contributed by atoms with Gasteiger partial charge in [0.1, 0.15) is 0 Å². The summed E-state index contributed by atoms with van der Waals surface area (Å²) in [4.78, 5) is 0. The maximum absolute atomic E-state index is 2.18. The Labute approximate surface area is 140 Å². The van der Waals surface area contributed by atoms with Gasteiger partial charge >= 0.3 is 0 Å². The Morgan fingerprint density at radius 2 is 0.474 bits per heavy atom. The number of hydrogen-bond acceptors (Lipinski definition) is 0. The molecule has 0 aliphatic rings. The van der Waals surface area contributed by atoms with Crippen molar-refractivity contribution in [2.45, 2.75) is 80.1 Å². The van der Waals surface area contributed by atoms with Gasteiger partial charge in [-0.1, -0.05) is 116 Å². The Morgan fingerprint density at radius 3 is 0.526 bits per heavy atom. The molecule has 0 aromatic heterocycles. The second-order valence-corrected chi connectivity index (χ2v) is 4.15. The molecule has 0 amide bonds. The molecule has 1 aromatic rings. The number of hydrogen-bond donors (Lipinski definition) is 0. The Bertz CT molecular complexity index is 130. The van der Waals surface area contributed by atoms with E-state index in [-0.39, 0.29) is 23.9 Å². The smallest absolute Gasteiger partial charge is 0 e. The van der Waals surface area contributed by atoms with Crippen molar-refractivity contribution in [1.29, 1.82) is 0 Å². The van der Waals surface area contributed by atoms with Gasteiger partial charge in [-0.25, -0.2) is 0 Å². The van der Waals surface area contributed by atoms with Crippen LogP contribution < -0.4 is 0 Å². The van der Waals surface area contributed by atoms with Gasteiger partial charge < -0.3 is 0 Å². The standard InChI is InChI=1S/C6H6.3C4H10.Sn/c1-2-4-6-5-3-1;3*1-3-4-2;/h1-6H;3*3-4H2,1-2H3;. The molecule has 19 heavy (non-hydrogen) atoms. The van der Waals surface area contributed by atoms with Crippen LogP contribution >= 0.6 is 0 Å². The largest absolute Gasteiger partial charge is 0.0654 e. The average molecular weight is 371 g/mol. The molecule has 0 bridgehead atoms. The Kier molecular flexibility index (Phi) is 52.1. The van der Waals surface area contributed by atoms with E-state index in [1.165, 1.54) is 38.5 Å². The van der Waals surface area contributed by atoms with Gasteiger partial charge in [-0.15, -0.1) is 0 Å². The third kappa shape index (κ3) is 56.8. The third-order valence-electron chi connectivity index (χ3n) is 2.17. The van der Waals surface area contributed by atoms with Crippen LogP contribution in [0.5, 0.6) is 0 Å². The van der Waals surface area contributed by atoms with Crippen molar-refractivity contribution in [1.82, 2.24) is 0 Å². The van der Waals surface area contributed by atoms with Crippen molar-refractivity contribution in [3.63, 3.8) is 0 Å². The van der Waals surface area contributed by atoms with Gasteiger partial charge in [-0.2, -0.15) is 0 Å². The Morgan fingerprint density at radius 1 is 0.368 bits per heavy atom. The van der Waals surface area contributed by atoms with Crippen LogP contribution in [0.15, 0.2) is 36.4 Å². The summed E-state index contributed by atoms with van der Waals surface area (Å²) in [6.07, 6.45) is 7.92. The van der Waals surface area contributed by atoms with Crippen molar-refractivity contribution >= 4 is 23.9 Å². The van der Waals surface area contributed by atoms with Gasteiger partial charge in [0.15, 0.2) is 0 Å². The molecule has 0 atom stereocenters. The fourth-order valence-corrected chi connectivity index (χ4v) is 0.385. The monoisotopic (exact) mass is 372 g/mol. The molecule has 0 spiro atoms. The normalized spacial score (nSPS) is 7.26. The van der Waals surface area contributed by atoms with Gasteiger partial charge in [0.25, 0.3) is 0 Å². The molecular formula is C18H36Sn. The zero-order valence-electron chi connectivity index (χ0n) is 14.2. The summed E-state index contributed by atoms with van der Waals surface area (Å²) in [5.74, 6) is 0. The first-order chi connectivity index (χ1) is 8.74. The van der Waals surface area contributed by atoms with Crippen LogP contribution in [0.2, 0.25) is 0 Å². The van der Waals surface area contributed by atoms with Crippen LogP contribution in [0.25, 0.3) is 0 Å². The molecule has 0 fully saturated rings. The maximum Gasteiger partial charge on any atom is 0 e. The first-order valence-electron chi connectivity index (χ1n) is 7.74. The molecule has 4 radical (unpaired) electrons. The van der Waals surface area contributed by atoms with Crippen LogP contribution in [0, 0.1) is 0 Å². The second kappa shape index (κ2) is 36.1. The van der Waals surface area contributed by atoms with Crippen LogP contribution in [0.1, 0.15) is 80.1 Å². The molecule has 0 aliphatic heterocycles. The average Bonchev–Trinajstić information content (AvgIpc) is 2.49. The quantitative estimate of drug-likeness (QED) is 0.517. The van der Waals surface area contributed by atoms with Gasteiger partial charge in [-0.05, 0) is 0 Å². The van der Waals surface area contributed by atoms with Gasteiger partial charge in [0, 0.05) is 23.9 Å². The van der Waals surface area contributed by atoms with E-state index in [1.807, 2.05) is 36.4 Å². The Balaban J connectivity index is -0.0000000796. The number of unbranched alkanes of at least 4 members (excludes halogenated alkanes) is 3. The van der Waals surface area contributed by atoms with E-state index >= 15 is 0 Å². The van der Waals surface area contributed by atoms with E-state index in [4.69, 9.17) is 0 Å². The van der Waals surface area contributed by atoms with E-state index < -0.39 is 0 Å². The summed E-state index contributed by atoms with van der Waals surface area (Å²) in [5.41, 5.74) is 0. The summed E-state index contributed by atoms with van der Waals surface area (Å²) in [6.45, 7) is 13.1. The zero-order chi connectivity index (χ0) is 14.5. The van der Waals surface area contributed by atoms with Crippen molar-refractivity contribution in [3.8, 4) is 0 Å². The minimum absolute atomic E-state index is 0. The molecule has 0 unspecified atom stereocenters. The fourth-order valence-electron chi connectivity index (χ4n) is 0.385. The van der Waals surface area contributed by atoms with Crippen molar-refractivity contribution in [2.24, 2.45) is 0 Å². The molecule has 1 rings (SSSR count). The summed E-state index contributed by atoms with van der Waals surface area (Å²) < 4.78 is 0. The summed E-state index contributed by atoms with van der Waals surface area (Å²) in [5, 5.41) is 0. The van der Waals surface area contributed by atoms with Crippen LogP contribution in [-0.2, 0) is 0 Å². The number of benzene rings is 1. The molecular weight excluding hydrogens is 335 g/mol. The predicted molar refractivity (Wildman–Crippen MR) is 93.9 cm³/mol. The second-order valence-electron chi connectivity index (χ2n) is 4.15. The zero-order valence-corrected chi connectivity index (χ0v) is 17.1. The molecule has 0 saturated heterocycles. The minimum atomic E-state index is 0. The van der Waals surface area contributed by atoms with Crippen LogP contribution in [0.3, 0.4) is 0 Å². The molecule has 0 nitrogen and oxygen atoms in total. The van der Waals surface area contributed by atoms with Crippen molar-refractivity contribution in [2.75, 3.05) is 0 Å². The first-order valence-corrected chi connectivity index (χ1v) is 7.74. The molecule has 0 aliphatic carbocycles. The fraction of sp³-hybridized carbons (Fsp3) is 0.667. The number of rotatable bonds is 3. The maximum atomic E-state index is 2.18. The van der Waals surface area contributed by atoms with E-state index in [2.05, 4.69) is 41.5 Å². The Hall–Kier alpha value is 0.0187. The van der Waals surface area contributed by atoms with Gasteiger partial charge in [0.2, 0.25) is 0 Å². The molecule has 112 valence electrons. The molecule has 0 N–H and O–H groups in total. The first kappa shape index (κ1) is 27.4. The van der Waals surface area contributed by atoms with Crippen LogP contribution in [0.4, 0.5) is 0 Å². The van der Waals surface area contributed by atoms with Crippen LogP contribution in [-0.4, -0.2) is 23.9 Å². The molecule has 0 heterocycles. The summed E-state index contributed by atoms with van der Waals surface area (Å²) >= 11 is 0. The summed E-state index contributed by atoms with van der Waals surface area (Å²) in [6, 6.07) is 12.0. The predicted octanol–water partition coefficient (Wildman–Crippen LogP) is 6.73. The van der Waals surface area contributed by atoms with Crippen molar-refractivity contribution in [3.05, 3.63) is 36.4 Å². The SMILES string of the molecule is CCCC.CCCC.CCCC.[Sn].c1ccccc1. The van der Waals surface area contributed by atoms with E-state index in [9.17, 15) is 0 Å². The van der Waals surface area contributed by atoms with Crippen molar-refractivity contribution < 1.29 is 0 Å². The molecule has 0 saturated carbocycles. The third-order valence-corrected chi connectivity index (χ3v) is 2.17. The van der Waals surface area contributed by atoms with E-state index in [0.717, 1.165) is 0 Å².